The van der Waals surface area contributed by atoms with Crippen LogP contribution in [0.5, 0.6) is 0 Å². The number of allylic oxidation sites excluding steroid dienone is 1. The van der Waals surface area contributed by atoms with Gasteiger partial charge in [-0.3, -0.25) is 0 Å². The molecule has 0 atom stereocenters. The molecule has 0 bridgehead atoms. The predicted molar refractivity (Wildman–Crippen MR) is 72.4 cm³/mol. The highest BCUT2D eigenvalue weighted by molar-refractivity contribution is 8.03. The van der Waals surface area contributed by atoms with E-state index in [0.29, 0.717) is 0 Å². The number of thioether (sulfide) groups is 1. The van der Waals surface area contributed by atoms with Gasteiger partial charge in [0, 0.05) is 4.90 Å². The lowest BCUT2D eigenvalue weighted by Gasteiger charge is -2.01. The zero-order valence-electron chi connectivity index (χ0n) is 9.26. The zero-order chi connectivity index (χ0) is 11.2. The van der Waals surface area contributed by atoms with Gasteiger partial charge >= 0.3 is 0 Å². The topological polar surface area (TPSA) is 0 Å². The van der Waals surface area contributed by atoms with Crippen molar-refractivity contribution in [3.05, 3.63) is 71.1 Å². The summed E-state index contributed by atoms with van der Waals surface area (Å²) < 4.78 is 0. The molecule has 0 spiro atoms. The molecule has 0 heterocycles. The van der Waals surface area contributed by atoms with E-state index in [2.05, 4.69) is 61.5 Å². The highest BCUT2D eigenvalue weighted by atomic mass is 32.2. The van der Waals surface area contributed by atoms with Crippen LogP contribution in [0.1, 0.15) is 12.5 Å². The number of hydrogen-bond acceptors (Lipinski definition) is 1. The molecular formula is C15H14S. The normalized spacial score (nSPS) is 11.4. The van der Waals surface area contributed by atoms with E-state index in [0.717, 1.165) is 0 Å². The van der Waals surface area contributed by atoms with Gasteiger partial charge in [-0.15, -0.1) is 0 Å². The van der Waals surface area contributed by atoms with Crippen molar-refractivity contribution in [1.82, 2.24) is 0 Å². The molecular weight excluding hydrogens is 212 g/mol. The molecule has 2 aromatic carbocycles. The second-order valence-corrected chi connectivity index (χ2v) is 4.90. The SMILES string of the molecule is C/C(=C/c1ccccc1)Sc1ccccc1. The summed E-state index contributed by atoms with van der Waals surface area (Å²) in [7, 11) is 0. The summed E-state index contributed by atoms with van der Waals surface area (Å²) in [6.07, 6.45) is 2.21. The van der Waals surface area contributed by atoms with E-state index < -0.39 is 0 Å². The lowest BCUT2D eigenvalue weighted by atomic mass is 10.2. The van der Waals surface area contributed by atoms with E-state index in [1.807, 2.05) is 12.1 Å². The van der Waals surface area contributed by atoms with Crippen molar-refractivity contribution in [3.63, 3.8) is 0 Å². The minimum absolute atomic E-state index is 1.25. The maximum Gasteiger partial charge on any atom is 0.0118 e. The molecule has 2 aromatic rings. The molecule has 80 valence electrons. The Morgan fingerprint density at radius 3 is 2.06 bits per heavy atom. The van der Waals surface area contributed by atoms with E-state index in [-0.39, 0.29) is 0 Å². The third-order valence-electron chi connectivity index (χ3n) is 2.19. The Morgan fingerprint density at radius 2 is 1.44 bits per heavy atom. The van der Waals surface area contributed by atoms with Crippen molar-refractivity contribution in [2.75, 3.05) is 0 Å². The molecule has 0 aliphatic carbocycles. The van der Waals surface area contributed by atoms with Gasteiger partial charge in [-0.1, -0.05) is 60.3 Å². The van der Waals surface area contributed by atoms with Crippen LogP contribution in [0.4, 0.5) is 0 Å². The van der Waals surface area contributed by atoms with Gasteiger partial charge in [0.25, 0.3) is 0 Å². The minimum atomic E-state index is 1.25. The summed E-state index contributed by atoms with van der Waals surface area (Å²) in [5.41, 5.74) is 1.25. The quantitative estimate of drug-likeness (QED) is 0.675. The monoisotopic (exact) mass is 226 g/mol. The first-order chi connectivity index (χ1) is 7.84. The van der Waals surface area contributed by atoms with Crippen LogP contribution in [0.2, 0.25) is 0 Å². The Morgan fingerprint density at radius 1 is 0.875 bits per heavy atom. The second-order valence-electron chi connectivity index (χ2n) is 3.58. The summed E-state index contributed by atoms with van der Waals surface area (Å²) in [6.45, 7) is 2.14. The van der Waals surface area contributed by atoms with Crippen molar-refractivity contribution in [2.24, 2.45) is 0 Å². The average Bonchev–Trinajstić information content (AvgIpc) is 2.31. The lowest BCUT2D eigenvalue weighted by Crippen LogP contribution is -1.73. The summed E-state index contributed by atoms with van der Waals surface area (Å²) in [5, 5.41) is 0. The van der Waals surface area contributed by atoms with Crippen molar-refractivity contribution in [1.29, 1.82) is 0 Å². The molecule has 0 saturated carbocycles. The van der Waals surface area contributed by atoms with Gasteiger partial charge in [0.15, 0.2) is 0 Å². The lowest BCUT2D eigenvalue weighted by molar-refractivity contribution is 1.46. The van der Waals surface area contributed by atoms with E-state index in [4.69, 9.17) is 0 Å². The van der Waals surface area contributed by atoms with Gasteiger partial charge < -0.3 is 0 Å². The number of hydrogen-bond donors (Lipinski definition) is 0. The van der Waals surface area contributed by atoms with E-state index in [9.17, 15) is 0 Å². The van der Waals surface area contributed by atoms with Crippen molar-refractivity contribution < 1.29 is 0 Å². The fraction of sp³-hybridized carbons (Fsp3) is 0.0667. The molecule has 0 aromatic heterocycles. The summed E-state index contributed by atoms with van der Waals surface area (Å²) in [5.74, 6) is 0. The standard InChI is InChI=1S/C15H14S/c1-13(12-14-8-4-2-5-9-14)16-15-10-6-3-7-11-15/h2-12H,1H3/b13-12-. The molecule has 0 N–H and O–H groups in total. The summed E-state index contributed by atoms with van der Waals surface area (Å²) >= 11 is 1.80. The minimum Gasteiger partial charge on any atom is -0.0948 e. The zero-order valence-corrected chi connectivity index (χ0v) is 10.1. The average molecular weight is 226 g/mol. The van der Waals surface area contributed by atoms with E-state index in [1.54, 1.807) is 11.8 Å². The number of benzene rings is 2. The van der Waals surface area contributed by atoms with E-state index >= 15 is 0 Å². The van der Waals surface area contributed by atoms with Crippen LogP contribution in [-0.4, -0.2) is 0 Å². The molecule has 0 amide bonds. The highest BCUT2D eigenvalue weighted by Gasteiger charge is 1.94. The first-order valence-electron chi connectivity index (χ1n) is 5.31. The van der Waals surface area contributed by atoms with Gasteiger partial charge in [0.1, 0.15) is 0 Å². The number of rotatable bonds is 3. The van der Waals surface area contributed by atoms with Gasteiger partial charge in [-0.05, 0) is 35.6 Å². The molecule has 2 rings (SSSR count). The molecule has 0 saturated heterocycles. The first kappa shape index (κ1) is 11.0. The van der Waals surface area contributed by atoms with Crippen LogP contribution in [0.15, 0.2) is 70.5 Å². The molecule has 0 aliphatic rings. The summed E-state index contributed by atoms with van der Waals surface area (Å²) in [4.78, 5) is 2.59. The van der Waals surface area contributed by atoms with Crippen LogP contribution in [-0.2, 0) is 0 Å². The van der Waals surface area contributed by atoms with Gasteiger partial charge in [0.2, 0.25) is 0 Å². The maximum absolute atomic E-state index is 2.21. The Kier molecular flexibility index (Phi) is 3.84. The van der Waals surface area contributed by atoms with Crippen molar-refractivity contribution in [2.45, 2.75) is 11.8 Å². The highest BCUT2D eigenvalue weighted by Crippen LogP contribution is 2.27. The van der Waals surface area contributed by atoms with Gasteiger partial charge in [-0.2, -0.15) is 0 Å². The molecule has 0 radical (unpaired) electrons. The molecule has 0 unspecified atom stereocenters. The van der Waals surface area contributed by atoms with Crippen molar-refractivity contribution in [3.8, 4) is 0 Å². The van der Waals surface area contributed by atoms with Gasteiger partial charge in [-0.25, -0.2) is 0 Å². The molecule has 16 heavy (non-hydrogen) atoms. The third kappa shape index (κ3) is 3.28. The van der Waals surface area contributed by atoms with Crippen LogP contribution < -0.4 is 0 Å². The van der Waals surface area contributed by atoms with Crippen molar-refractivity contribution >= 4 is 17.8 Å². The fourth-order valence-electron chi connectivity index (χ4n) is 1.49. The molecule has 1 heteroatoms. The second kappa shape index (κ2) is 5.57. The fourth-order valence-corrected chi connectivity index (χ4v) is 2.35. The Hall–Kier alpha value is -1.47. The van der Waals surface area contributed by atoms with Crippen LogP contribution in [0.25, 0.3) is 6.08 Å². The predicted octanol–water partition coefficient (Wildman–Crippen LogP) is 4.84. The third-order valence-corrected chi connectivity index (χ3v) is 3.14. The Labute approximate surface area is 101 Å². The summed E-state index contributed by atoms with van der Waals surface area (Å²) in [6, 6.07) is 20.8. The maximum atomic E-state index is 2.21. The smallest absolute Gasteiger partial charge is 0.0118 e. The van der Waals surface area contributed by atoms with Crippen LogP contribution in [0, 0.1) is 0 Å². The van der Waals surface area contributed by atoms with Crippen LogP contribution >= 0.6 is 11.8 Å². The Bertz CT molecular complexity index is 457. The van der Waals surface area contributed by atoms with Crippen LogP contribution in [0.3, 0.4) is 0 Å². The van der Waals surface area contributed by atoms with Gasteiger partial charge in [0.05, 0.1) is 0 Å². The molecule has 0 aliphatic heterocycles. The Balaban J connectivity index is 2.09. The molecule has 0 nitrogen and oxygen atoms in total. The largest absolute Gasteiger partial charge is 0.0948 e. The first-order valence-corrected chi connectivity index (χ1v) is 6.12. The molecule has 0 fully saturated rings. The van der Waals surface area contributed by atoms with E-state index in [1.165, 1.54) is 15.4 Å².